The van der Waals surface area contributed by atoms with E-state index in [0.717, 1.165) is 22.3 Å². The molecule has 0 radical (unpaired) electrons. The van der Waals surface area contributed by atoms with E-state index in [1.807, 2.05) is 39.0 Å². The molecule has 2 heterocycles. The number of carbonyl (C=O) groups excluding carboxylic acids is 1. The predicted octanol–water partition coefficient (Wildman–Crippen LogP) is 6.52. The van der Waals surface area contributed by atoms with Crippen LogP contribution in [0.5, 0.6) is 17.2 Å². The number of likely N-dealkylation sites (tertiary alicyclic amines) is 1. The second kappa shape index (κ2) is 12.8. The molecule has 0 spiro atoms. The standard InChI is InChI=1S/C33H36ClFN2O6/c1-5-19-12-21(34)13-20(6-2)30(19)36-28(38)16-37-15-25(23-10-11-27-32(18(23)4)43-17-42-27)29(33(39)40)31(37)24-9-8-22(41-7-3)14-26(24)35/h8-14,25,29,31H,5-7,15-17H2,1-4H3,(H,36,38)(H,39,40)/t25-,29?,31+/m1/s1. The molecule has 1 amide bonds. The maximum absolute atomic E-state index is 15.7. The summed E-state index contributed by atoms with van der Waals surface area (Å²) in [4.78, 5) is 28.4. The molecule has 0 saturated carbocycles. The third kappa shape index (κ3) is 6.01. The maximum atomic E-state index is 15.7. The highest BCUT2D eigenvalue weighted by Gasteiger charge is 2.49. The van der Waals surface area contributed by atoms with Crippen LogP contribution in [0.4, 0.5) is 10.1 Å². The lowest BCUT2D eigenvalue weighted by molar-refractivity contribution is -0.143. The first-order valence-corrected chi connectivity index (χ1v) is 14.9. The van der Waals surface area contributed by atoms with Gasteiger partial charge >= 0.3 is 5.97 Å². The minimum Gasteiger partial charge on any atom is -0.494 e. The third-order valence-electron chi connectivity index (χ3n) is 8.35. The molecule has 8 nitrogen and oxygen atoms in total. The van der Waals surface area contributed by atoms with Gasteiger partial charge in [-0.2, -0.15) is 0 Å². The Kier molecular flexibility index (Phi) is 9.13. The van der Waals surface area contributed by atoms with Crippen molar-refractivity contribution in [3.63, 3.8) is 0 Å². The Hall–Kier alpha value is -3.82. The van der Waals surface area contributed by atoms with Gasteiger partial charge in [0.25, 0.3) is 0 Å². The number of carbonyl (C=O) groups is 2. The van der Waals surface area contributed by atoms with Crippen LogP contribution < -0.4 is 19.5 Å². The van der Waals surface area contributed by atoms with Gasteiger partial charge in [0.1, 0.15) is 11.6 Å². The Bertz CT molecular complexity index is 1520. The van der Waals surface area contributed by atoms with Gasteiger partial charge in [0.05, 0.1) is 25.1 Å². The fourth-order valence-electron chi connectivity index (χ4n) is 6.42. The zero-order valence-electron chi connectivity index (χ0n) is 24.7. The molecular weight excluding hydrogens is 575 g/mol. The summed E-state index contributed by atoms with van der Waals surface area (Å²) in [5.74, 6) is -2.08. The van der Waals surface area contributed by atoms with Gasteiger partial charge in [0.2, 0.25) is 12.7 Å². The average molecular weight is 611 g/mol. The largest absolute Gasteiger partial charge is 0.494 e. The van der Waals surface area contributed by atoms with Crippen molar-refractivity contribution in [2.75, 3.05) is 31.8 Å². The number of aryl methyl sites for hydroxylation is 2. The van der Waals surface area contributed by atoms with Crippen molar-refractivity contribution in [3.05, 3.63) is 81.1 Å². The molecule has 2 aliphatic rings. The predicted molar refractivity (Wildman–Crippen MR) is 162 cm³/mol. The average Bonchev–Trinajstić information content (AvgIpc) is 3.60. The van der Waals surface area contributed by atoms with Crippen LogP contribution in [-0.4, -0.2) is 48.4 Å². The molecule has 1 fully saturated rings. The van der Waals surface area contributed by atoms with Gasteiger partial charge in [0.15, 0.2) is 11.5 Å². The number of anilines is 1. The van der Waals surface area contributed by atoms with Crippen LogP contribution in [0.1, 0.15) is 60.5 Å². The summed E-state index contributed by atoms with van der Waals surface area (Å²) in [6, 6.07) is 10.8. The number of aliphatic carboxylic acids is 1. The van der Waals surface area contributed by atoms with Crippen molar-refractivity contribution < 1.29 is 33.3 Å². The molecule has 0 bridgehead atoms. The highest BCUT2D eigenvalue weighted by Crippen LogP contribution is 2.50. The molecule has 5 rings (SSSR count). The number of benzene rings is 3. The lowest BCUT2D eigenvalue weighted by Gasteiger charge is -2.28. The first-order chi connectivity index (χ1) is 20.7. The Morgan fingerprint density at radius 1 is 1.07 bits per heavy atom. The Morgan fingerprint density at radius 3 is 2.40 bits per heavy atom. The molecule has 2 N–H and O–H groups in total. The highest BCUT2D eigenvalue weighted by molar-refractivity contribution is 6.30. The van der Waals surface area contributed by atoms with Gasteiger partial charge in [0, 0.05) is 34.8 Å². The van der Waals surface area contributed by atoms with Gasteiger partial charge < -0.3 is 24.6 Å². The molecule has 0 aliphatic carbocycles. The third-order valence-corrected chi connectivity index (χ3v) is 8.57. The summed E-state index contributed by atoms with van der Waals surface area (Å²) in [7, 11) is 0. The summed E-state index contributed by atoms with van der Waals surface area (Å²) in [6.07, 6.45) is 1.33. The number of amides is 1. The van der Waals surface area contributed by atoms with E-state index in [2.05, 4.69) is 5.32 Å². The second-order valence-corrected chi connectivity index (χ2v) is 11.3. The smallest absolute Gasteiger partial charge is 0.309 e. The van der Waals surface area contributed by atoms with E-state index >= 15 is 4.39 Å². The number of ether oxygens (including phenoxy) is 3. The van der Waals surface area contributed by atoms with Crippen LogP contribution in [0, 0.1) is 18.7 Å². The van der Waals surface area contributed by atoms with E-state index < -0.39 is 29.7 Å². The first-order valence-electron chi connectivity index (χ1n) is 14.6. The molecule has 3 atom stereocenters. The molecule has 3 aromatic rings. The number of nitrogens with one attached hydrogen (secondary N) is 1. The molecule has 10 heteroatoms. The summed E-state index contributed by atoms with van der Waals surface area (Å²) in [6.45, 7) is 8.16. The molecule has 1 saturated heterocycles. The van der Waals surface area contributed by atoms with Crippen LogP contribution in [0.2, 0.25) is 5.02 Å². The van der Waals surface area contributed by atoms with E-state index in [4.69, 9.17) is 25.8 Å². The fraction of sp³-hybridized carbons (Fsp3) is 0.394. The van der Waals surface area contributed by atoms with E-state index in [0.29, 0.717) is 47.4 Å². The zero-order chi connectivity index (χ0) is 30.8. The van der Waals surface area contributed by atoms with E-state index in [1.54, 1.807) is 30.0 Å². The minimum atomic E-state index is -1.08. The number of carboxylic acids is 1. The lowest BCUT2D eigenvalue weighted by Crippen LogP contribution is -2.36. The summed E-state index contributed by atoms with van der Waals surface area (Å²) in [5, 5.41) is 14.3. The van der Waals surface area contributed by atoms with Crippen molar-refractivity contribution >= 4 is 29.2 Å². The lowest BCUT2D eigenvalue weighted by atomic mass is 9.81. The molecule has 228 valence electrons. The number of hydrogen-bond acceptors (Lipinski definition) is 6. The number of carboxylic acid groups (broad SMARTS) is 1. The van der Waals surface area contributed by atoms with Crippen LogP contribution in [0.3, 0.4) is 0 Å². The summed E-state index contributed by atoms with van der Waals surface area (Å²) < 4.78 is 32.3. The Balaban J connectivity index is 1.54. The van der Waals surface area contributed by atoms with Gasteiger partial charge in [-0.1, -0.05) is 37.6 Å². The second-order valence-electron chi connectivity index (χ2n) is 10.8. The van der Waals surface area contributed by atoms with Crippen molar-refractivity contribution in [2.45, 2.75) is 52.5 Å². The van der Waals surface area contributed by atoms with Crippen molar-refractivity contribution in [1.29, 1.82) is 0 Å². The number of nitrogens with zero attached hydrogens (tertiary/aromatic N) is 1. The number of halogens is 2. The van der Waals surface area contributed by atoms with Crippen LogP contribution in [0.25, 0.3) is 0 Å². The SMILES string of the molecule is CCOc1ccc([C@H]2C(C(=O)O)[C@@H](c3ccc4c(c3C)OCO4)CN2CC(=O)Nc2c(CC)cc(Cl)cc2CC)c(F)c1. The van der Waals surface area contributed by atoms with Crippen molar-refractivity contribution in [3.8, 4) is 17.2 Å². The van der Waals surface area contributed by atoms with Crippen molar-refractivity contribution in [1.82, 2.24) is 4.90 Å². The molecule has 43 heavy (non-hydrogen) atoms. The molecular formula is C33H36ClFN2O6. The van der Waals surface area contributed by atoms with Gasteiger partial charge in [-0.3, -0.25) is 14.5 Å². The van der Waals surface area contributed by atoms with E-state index in [9.17, 15) is 14.7 Å². The number of rotatable bonds is 10. The van der Waals surface area contributed by atoms with Crippen LogP contribution in [-0.2, 0) is 22.4 Å². The van der Waals surface area contributed by atoms with Gasteiger partial charge in [-0.05, 0) is 73.2 Å². The monoisotopic (exact) mass is 610 g/mol. The molecule has 3 aromatic carbocycles. The van der Waals surface area contributed by atoms with Crippen molar-refractivity contribution in [2.24, 2.45) is 5.92 Å². The minimum absolute atomic E-state index is 0.0865. The Morgan fingerprint density at radius 2 is 1.77 bits per heavy atom. The van der Waals surface area contributed by atoms with Crippen LogP contribution >= 0.6 is 11.6 Å². The summed E-state index contributed by atoms with van der Waals surface area (Å²) >= 11 is 6.32. The molecule has 1 unspecified atom stereocenters. The fourth-order valence-corrected chi connectivity index (χ4v) is 6.68. The molecule has 0 aromatic heterocycles. The van der Waals surface area contributed by atoms with Gasteiger partial charge in [-0.15, -0.1) is 0 Å². The molecule has 2 aliphatic heterocycles. The topological polar surface area (TPSA) is 97.3 Å². The first kappa shape index (κ1) is 30.6. The normalized spacial score (nSPS) is 19.4. The highest BCUT2D eigenvalue weighted by atomic mass is 35.5. The number of hydrogen-bond donors (Lipinski definition) is 2. The number of fused-ring (bicyclic) bond motifs is 1. The summed E-state index contributed by atoms with van der Waals surface area (Å²) in [5.41, 5.74) is 4.25. The van der Waals surface area contributed by atoms with E-state index in [-0.39, 0.29) is 31.4 Å². The zero-order valence-corrected chi connectivity index (χ0v) is 25.5. The maximum Gasteiger partial charge on any atom is 0.309 e. The van der Waals surface area contributed by atoms with E-state index in [1.165, 1.54) is 6.07 Å². The van der Waals surface area contributed by atoms with Crippen LogP contribution in [0.15, 0.2) is 42.5 Å². The van der Waals surface area contributed by atoms with Gasteiger partial charge in [-0.25, -0.2) is 4.39 Å². The Labute approximate surface area is 255 Å². The quantitative estimate of drug-likeness (QED) is 0.270.